The molecule has 1 aromatic rings. The number of nitrogens with one attached hydrogen (secondary N) is 1. The molecule has 0 amide bonds. The molecule has 0 saturated heterocycles. The number of rotatable bonds is 3. The molecule has 2 heteroatoms. The molecule has 0 atom stereocenters. The van der Waals surface area contributed by atoms with Gasteiger partial charge in [-0.15, -0.1) is 0 Å². The van der Waals surface area contributed by atoms with E-state index in [2.05, 4.69) is 44.3 Å². The Kier molecular flexibility index (Phi) is 3.72. The summed E-state index contributed by atoms with van der Waals surface area (Å²) in [6, 6.07) is 6.65. The third-order valence-corrected chi connectivity index (χ3v) is 2.95. The summed E-state index contributed by atoms with van der Waals surface area (Å²) in [4.78, 5) is 0. The van der Waals surface area contributed by atoms with E-state index in [1.54, 1.807) is 0 Å². The molecule has 0 spiro atoms. The largest absolute Gasteiger partial charge is 0.296 e. The van der Waals surface area contributed by atoms with E-state index < -0.39 is 5.54 Å². The van der Waals surface area contributed by atoms with Crippen molar-refractivity contribution in [2.24, 2.45) is 0 Å². The second-order valence-corrected chi connectivity index (χ2v) is 4.95. The smallest absolute Gasteiger partial charge is 0.101 e. The third kappa shape index (κ3) is 3.08. The van der Waals surface area contributed by atoms with Crippen LogP contribution < -0.4 is 5.32 Å². The maximum atomic E-state index is 8.93. The van der Waals surface area contributed by atoms with Crippen molar-refractivity contribution in [2.45, 2.75) is 46.7 Å². The molecule has 16 heavy (non-hydrogen) atoms. The van der Waals surface area contributed by atoms with Gasteiger partial charge >= 0.3 is 0 Å². The van der Waals surface area contributed by atoms with E-state index in [4.69, 9.17) is 5.26 Å². The van der Waals surface area contributed by atoms with Gasteiger partial charge in [0.2, 0.25) is 0 Å². The zero-order valence-electron chi connectivity index (χ0n) is 10.8. The predicted molar refractivity (Wildman–Crippen MR) is 67.2 cm³/mol. The zero-order chi connectivity index (χ0) is 12.3. The van der Waals surface area contributed by atoms with Crippen LogP contribution in [-0.4, -0.2) is 5.54 Å². The fourth-order valence-corrected chi connectivity index (χ4v) is 1.57. The molecule has 1 N–H and O–H groups in total. The number of hydrogen-bond acceptors (Lipinski definition) is 2. The van der Waals surface area contributed by atoms with Gasteiger partial charge in [0.1, 0.15) is 5.54 Å². The molecule has 86 valence electrons. The molecule has 1 aromatic carbocycles. The molecule has 0 fully saturated rings. The van der Waals surface area contributed by atoms with Gasteiger partial charge in [-0.05, 0) is 56.9 Å². The number of benzene rings is 1. The first kappa shape index (κ1) is 12.7. The normalized spacial score (nSPS) is 11.2. The first-order valence-corrected chi connectivity index (χ1v) is 5.59. The summed E-state index contributed by atoms with van der Waals surface area (Å²) >= 11 is 0. The quantitative estimate of drug-likeness (QED) is 0.843. The highest BCUT2D eigenvalue weighted by Crippen LogP contribution is 2.16. The van der Waals surface area contributed by atoms with Crippen LogP contribution in [0.1, 0.15) is 36.1 Å². The Morgan fingerprint density at radius 3 is 2.25 bits per heavy atom. The molecule has 1 rings (SSSR count). The van der Waals surface area contributed by atoms with Crippen LogP contribution in [0.2, 0.25) is 0 Å². The highest BCUT2D eigenvalue weighted by Gasteiger charge is 2.15. The van der Waals surface area contributed by atoms with Crippen LogP contribution in [0.3, 0.4) is 0 Å². The average Bonchev–Trinajstić information content (AvgIpc) is 2.22. The van der Waals surface area contributed by atoms with Crippen LogP contribution >= 0.6 is 0 Å². The van der Waals surface area contributed by atoms with Crippen LogP contribution in [0, 0.1) is 32.1 Å². The predicted octanol–water partition coefficient (Wildman–Crippen LogP) is 3.00. The lowest BCUT2D eigenvalue weighted by atomic mass is 10.00. The van der Waals surface area contributed by atoms with Gasteiger partial charge in [0, 0.05) is 6.54 Å². The molecule has 2 nitrogen and oxygen atoms in total. The molecule has 0 heterocycles. The van der Waals surface area contributed by atoms with Gasteiger partial charge in [0.05, 0.1) is 6.07 Å². The Morgan fingerprint density at radius 1 is 1.12 bits per heavy atom. The lowest BCUT2D eigenvalue weighted by Gasteiger charge is -2.19. The van der Waals surface area contributed by atoms with Crippen LogP contribution in [-0.2, 0) is 6.54 Å². The Labute approximate surface area is 98.3 Å². The molecular weight excluding hydrogens is 196 g/mol. The van der Waals surface area contributed by atoms with Gasteiger partial charge in [0.15, 0.2) is 0 Å². The van der Waals surface area contributed by atoms with Gasteiger partial charge in [-0.3, -0.25) is 5.32 Å². The summed E-state index contributed by atoms with van der Waals surface area (Å²) in [5.74, 6) is 0. The Morgan fingerprint density at radius 2 is 1.69 bits per heavy atom. The Hall–Kier alpha value is -1.33. The summed E-state index contributed by atoms with van der Waals surface area (Å²) in [5, 5.41) is 12.2. The molecule has 0 aliphatic carbocycles. The van der Waals surface area contributed by atoms with Crippen molar-refractivity contribution in [1.82, 2.24) is 5.32 Å². The average molecular weight is 216 g/mol. The first-order valence-electron chi connectivity index (χ1n) is 5.59. The second-order valence-electron chi connectivity index (χ2n) is 4.95. The molecule has 0 aliphatic heterocycles. The zero-order valence-corrected chi connectivity index (χ0v) is 10.8. The van der Waals surface area contributed by atoms with Crippen LogP contribution in [0.15, 0.2) is 12.1 Å². The molecule has 0 unspecified atom stereocenters. The minimum atomic E-state index is -0.467. The van der Waals surface area contributed by atoms with Crippen molar-refractivity contribution < 1.29 is 0 Å². The molecule has 0 bridgehead atoms. The van der Waals surface area contributed by atoms with E-state index >= 15 is 0 Å². The summed E-state index contributed by atoms with van der Waals surface area (Å²) < 4.78 is 0. The van der Waals surface area contributed by atoms with E-state index in [9.17, 15) is 0 Å². The van der Waals surface area contributed by atoms with Crippen LogP contribution in [0.4, 0.5) is 0 Å². The maximum Gasteiger partial charge on any atom is 0.101 e. The number of hydrogen-bond donors (Lipinski definition) is 1. The lowest BCUT2D eigenvalue weighted by Crippen LogP contribution is -2.37. The minimum absolute atomic E-state index is 0.467. The number of aryl methyl sites for hydroxylation is 3. The first-order chi connectivity index (χ1) is 7.35. The van der Waals surface area contributed by atoms with Crippen molar-refractivity contribution in [2.75, 3.05) is 0 Å². The topological polar surface area (TPSA) is 35.8 Å². The van der Waals surface area contributed by atoms with Crippen molar-refractivity contribution in [3.63, 3.8) is 0 Å². The third-order valence-electron chi connectivity index (χ3n) is 2.95. The van der Waals surface area contributed by atoms with Gasteiger partial charge < -0.3 is 0 Å². The minimum Gasteiger partial charge on any atom is -0.296 e. The summed E-state index contributed by atoms with van der Waals surface area (Å²) in [6.45, 7) is 10.9. The SMILES string of the molecule is Cc1cc(C)c(CNC(C)(C)C#N)cc1C. The van der Waals surface area contributed by atoms with Gasteiger partial charge in [-0.1, -0.05) is 12.1 Å². The number of nitrogens with zero attached hydrogens (tertiary/aromatic N) is 1. The van der Waals surface area contributed by atoms with Gasteiger partial charge in [0.25, 0.3) is 0 Å². The van der Waals surface area contributed by atoms with Gasteiger partial charge in [-0.2, -0.15) is 5.26 Å². The fourth-order valence-electron chi connectivity index (χ4n) is 1.57. The van der Waals surface area contributed by atoms with E-state index in [1.807, 2.05) is 13.8 Å². The highest BCUT2D eigenvalue weighted by atomic mass is 14.9. The Balaban J connectivity index is 2.84. The van der Waals surface area contributed by atoms with Crippen molar-refractivity contribution in [3.8, 4) is 6.07 Å². The van der Waals surface area contributed by atoms with Crippen LogP contribution in [0.5, 0.6) is 0 Å². The number of nitriles is 1. The molecule has 0 aliphatic rings. The van der Waals surface area contributed by atoms with E-state index in [0.717, 1.165) is 6.54 Å². The Bertz CT molecular complexity index is 425. The van der Waals surface area contributed by atoms with Crippen molar-refractivity contribution in [1.29, 1.82) is 5.26 Å². The summed E-state index contributed by atoms with van der Waals surface area (Å²) in [5.41, 5.74) is 4.71. The maximum absolute atomic E-state index is 8.93. The van der Waals surface area contributed by atoms with E-state index in [0.29, 0.717) is 0 Å². The molecular formula is C14H20N2. The summed E-state index contributed by atoms with van der Waals surface area (Å²) in [6.07, 6.45) is 0. The van der Waals surface area contributed by atoms with Crippen molar-refractivity contribution in [3.05, 3.63) is 34.4 Å². The van der Waals surface area contributed by atoms with Crippen molar-refractivity contribution >= 4 is 0 Å². The molecule has 0 radical (unpaired) electrons. The molecule has 0 aromatic heterocycles. The van der Waals surface area contributed by atoms with Crippen LogP contribution in [0.25, 0.3) is 0 Å². The second kappa shape index (κ2) is 4.67. The monoisotopic (exact) mass is 216 g/mol. The van der Waals surface area contributed by atoms with E-state index in [1.165, 1.54) is 22.3 Å². The van der Waals surface area contributed by atoms with E-state index in [-0.39, 0.29) is 0 Å². The van der Waals surface area contributed by atoms with Gasteiger partial charge in [-0.25, -0.2) is 0 Å². The lowest BCUT2D eigenvalue weighted by molar-refractivity contribution is 0.484. The highest BCUT2D eigenvalue weighted by molar-refractivity contribution is 5.36. The standard InChI is InChI=1S/C14H20N2/c1-10-6-12(3)13(7-11(10)2)8-16-14(4,5)9-15/h6-7,16H,8H2,1-5H3. The molecule has 0 saturated carbocycles. The summed E-state index contributed by atoms with van der Waals surface area (Å²) in [7, 11) is 0. The fraction of sp³-hybridized carbons (Fsp3) is 0.500.